The summed E-state index contributed by atoms with van der Waals surface area (Å²) in [7, 11) is 0. The highest BCUT2D eigenvalue weighted by Gasteiger charge is 2.42. The number of aromatic nitrogens is 2. The Morgan fingerprint density at radius 1 is 1.37 bits per heavy atom. The summed E-state index contributed by atoms with van der Waals surface area (Å²) in [6, 6.07) is 0. The Hall–Kier alpha value is -1.44. The number of hydrogen-bond acceptors (Lipinski definition) is 4. The zero-order valence-corrected chi connectivity index (χ0v) is 10.8. The van der Waals surface area contributed by atoms with E-state index in [2.05, 4.69) is 9.97 Å². The maximum Gasteiger partial charge on any atom is 0.393 e. The van der Waals surface area contributed by atoms with Crippen molar-refractivity contribution in [2.45, 2.75) is 19.0 Å². The molecule has 0 aromatic carbocycles. The van der Waals surface area contributed by atoms with Crippen molar-refractivity contribution in [3.8, 4) is 0 Å². The smallest absolute Gasteiger partial charge is 0.388 e. The highest BCUT2D eigenvalue weighted by atomic mass is 32.1. The van der Waals surface area contributed by atoms with E-state index in [-0.39, 0.29) is 23.6 Å². The van der Waals surface area contributed by atoms with Crippen LogP contribution in [-0.2, 0) is 0 Å². The number of nitrogens with two attached hydrogens (primary N) is 1. The molecule has 1 fully saturated rings. The molecule has 1 unspecified atom stereocenters. The van der Waals surface area contributed by atoms with Gasteiger partial charge in [0.15, 0.2) is 5.82 Å². The Morgan fingerprint density at radius 2 is 2.05 bits per heavy atom. The Balaban J connectivity index is 2.25. The van der Waals surface area contributed by atoms with Crippen molar-refractivity contribution in [3.05, 3.63) is 18.1 Å². The van der Waals surface area contributed by atoms with E-state index in [1.54, 1.807) is 4.90 Å². The number of nitrogens with zero attached hydrogens (tertiary/aromatic N) is 3. The fourth-order valence-electron chi connectivity index (χ4n) is 2.17. The van der Waals surface area contributed by atoms with E-state index in [1.807, 2.05) is 0 Å². The Kier molecular flexibility index (Phi) is 3.88. The van der Waals surface area contributed by atoms with Gasteiger partial charge in [-0.25, -0.2) is 9.97 Å². The van der Waals surface area contributed by atoms with Crippen molar-refractivity contribution in [2.75, 3.05) is 18.0 Å². The summed E-state index contributed by atoms with van der Waals surface area (Å²) >= 11 is 4.85. The van der Waals surface area contributed by atoms with Crippen LogP contribution in [0.3, 0.4) is 0 Å². The molecule has 0 aliphatic carbocycles. The summed E-state index contributed by atoms with van der Waals surface area (Å²) in [4.78, 5) is 9.66. The normalized spacial score (nSPS) is 20.4. The van der Waals surface area contributed by atoms with Crippen LogP contribution < -0.4 is 10.6 Å². The predicted molar refractivity (Wildman–Crippen MR) is 68.9 cm³/mol. The summed E-state index contributed by atoms with van der Waals surface area (Å²) in [6.07, 6.45) is -0.748. The average molecular weight is 290 g/mol. The van der Waals surface area contributed by atoms with E-state index >= 15 is 0 Å². The maximum absolute atomic E-state index is 12.8. The Morgan fingerprint density at radius 3 is 2.68 bits per heavy atom. The molecule has 0 spiro atoms. The molecule has 0 radical (unpaired) electrons. The van der Waals surface area contributed by atoms with Crippen LogP contribution in [-0.4, -0.2) is 34.2 Å². The molecule has 0 saturated carbocycles. The van der Waals surface area contributed by atoms with Gasteiger partial charge in [-0.05, 0) is 12.8 Å². The first-order chi connectivity index (χ1) is 8.89. The van der Waals surface area contributed by atoms with Crippen LogP contribution in [0.25, 0.3) is 0 Å². The number of piperidine rings is 1. The number of alkyl halides is 3. The second-order valence-electron chi connectivity index (χ2n) is 4.42. The van der Waals surface area contributed by atoms with Gasteiger partial charge in [-0.2, -0.15) is 13.2 Å². The molecule has 2 rings (SSSR count). The number of anilines is 1. The summed E-state index contributed by atoms with van der Waals surface area (Å²) < 4.78 is 38.3. The molecule has 104 valence electrons. The second kappa shape index (κ2) is 5.28. The van der Waals surface area contributed by atoms with Gasteiger partial charge >= 0.3 is 6.18 Å². The van der Waals surface area contributed by atoms with Crippen molar-refractivity contribution in [3.63, 3.8) is 0 Å². The molecule has 4 nitrogen and oxygen atoms in total. The third-order valence-corrected chi connectivity index (χ3v) is 3.29. The largest absolute Gasteiger partial charge is 0.393 e. The lowest BCUT2D eigenvalue weighted by Gasteiger charge is -2.34. The molecule has 1 aromatic rings. The predicted octanol–water partition coefficient (Wildman–Crippen LogP) is 1.89. The van der Waals surface area contributed by atoms with Gasteiger partial charge in [0.25, 0.3) is 0 Å². The third-order valence-electron chi connectivity index (χ3n) is 3.10. The molecular weight excluding hydrogens is 277 g/mol. The van der Waals surface area contributed by atoms with Crippen LogP contribution in [0.1, 0.15) is 18.5 Å². The molecule has 0 bridgehead atoms. The minimum Gasteiger partial charge on any atom is -0.388 e. The van der Waals surface area contributed by atoms with E-state index in [4.69, 9.17) is 18.0 Å². The standard InChI is InChI=1S/C11H13F3N4S/c12-11(13,14)7-2-1-5-18(6-7)10-8(9(15)19)16-3-4-17-10/h3-4,7H,1-2,5-6H2,(H2,15,19). The van der Waals surface area contributed by atoms with E-state index < -0.39 is 12.1 Å². The molecule has 19 heavy (non-hydrogen) atoms. The summed E-state index contributed by atoms with van der Waals surface area (Å²) in [5, 5.41) is 0. The van der Waals surface area contributed by atoms with Crippen molar-refractivity contribution < 1.29 is 13.2 Å². The van der Waals surface area contributed by atoms with Gasteiger partial charge in [-0.1, -0.05) is 12.2 Å². The van der Waals surface area contributed by atoms with Gasteiger partial charge < -0.3 is 10.6 Å². The van der Waals surface area contributed by atoms with Crippen LogP contribution in [0.15, 0.2) is 12.4 Å². The van der Waals surface area contributed by atoms with Gasteiger partial charge in [-0.3, -0.25) is 0 Å². The van der Waals surface area contributed by atoms with Crippen LogP contribution in [0.4, 0.5) is 19.0 Å². The highest BCUT2D eigenvalue weighted by molar-refractivity contribution is 7.80. The van der Waals surface area contributed by atoms with Gasteiger partial charge in [0.1, 0.15) is 10.7 Å². The van der Waals surface area contributed by atoms with E-state index in [0.717, 1.165) is 0 Å². The summed E-state index contributed by atoms with van der Waals surface area (Å²) in [5.74, 6) is -1.01. The molecule has 8 heteroatoms. The fourth-order valence-corrected chi connectivity index (χ4v) is 2.32. The number of halogens is 3. The average Bonchev–Trinajstić information content (AvgIpc) is 2.38. The van der Waals surface area contributed by atoms with Crippen molar-refractivity contribution >= 4 is 23.0 Å². The first kappa shape index (κ1) is 14.0. The van der Waals surface area contributed by atoms with Crippen LogP contribution >= 0.6 is 12.2 Å². The van der Waals surface area contributed by atoms with E-state index in [1.165, 1.54) is 12.4 Å². The SMILES string of the molecule is NC(=S)c1nccnc1N1CCCC(C(F)(F)F)C1. The monoisotopic (exact) mass is 290 g/mol. The lowest BCUT2D eigenvalue weighted by Crippen LogP contribution is -2.43. The molecule has 1 aliphatic rings. The zero-order chi connectivity index (χ0) is 14.0. The van der Waals surface area contributed by atoms with Crippen molar-refractivity contribution in [2.24, 2.45) is 11.7 Å². The summed E-state index contributed by atoms with van der Waals surface area (Å²) in [5.41, 5.74) is 5.80. The van der Waals surface area contributed by atoms with E-state index in [0.29, 0.717) is 18.8 Å². The van der Waals surface area contributed by atoms with E-state index in [9.17, 15) is 13.2 Å². The molecular formula is C11H13F3N4S. The third kappa shape index (κ3) is 3.12. The maximum atomic E-state index is 12.8. The Labute approximate surface area is 113 Å². The lowest BCUT2D eigenvalue weighted by atomic mass is 9.97. The molecule has 2 heterocycles. The van der Waals surface area contributed by atoms with Gasteiger partial charge in [0.2, 0.25) is 0 Å². The topological polar surface area (TPSA) is 55.0 Å². The first-order valence-corrected chi connectivity index (χ1v) is 6.23. The first-order valence-electron chi connectivity index (χ1n) is 5.82. The van der Waals surface area contributed by atoms with Crippen LogP contribution in [0, 0.1) is 5.92 Å². The summed E-state index contributed by atoms with van der Waals surface area (Å²) in [6.45, 7) is 0.374. The second-order valence-corrected chi connectivity index (χ2v) is 4.86. The number of hydrogen-bond donors (Lipinski definition) is 1. The molecule has 1 aliphatic heterocycles. The molecule has 1 aromatic heterocycles. The van der Waals surface area contributed by atoms with Crippen LogP contribution in [0.5, 0.6) is 0 Å². The van der Waals surface area contributed by atoms with Crippen LogP contribution in [0.2, 0.25) is 0 Å². The van der Waals surface area contributed by atoms with Gasteiger partial charge in [0.05, 0.1) is 5.92 Å². The van der Waals surface area contributed by atoms with Crippen molar-refractivity contribution in [1.82, 2.24) is 9.97 Å². The molecule has 0 amide bonds. The zero-order valence-electron chi connectivity index (χ0n) is 10.0. The number of rotatable bonds is 2. The van der Waals surface area contributed by atoms with Gasteiger partial charge in [0, 0.05) is 25.5 Å². The minimum absolute atomic E-state index is 0.0391. The molecule has 2 N–H and O–H groups in total. The molecule has 1 atom stereocenters. The highest BCUT2D eigenvalue weighted by Crippen LogP contribution is 2.34. The fraction of sp³-hybridized carbons (Fsp3) is 0.545. The Bertz CT molecular complexity index is 477. The van der Waals surface area contributed by atoms with Gasteiger partial charge in [-0.15, -0.1) is 0 Å². The van der Waals surface area contributed by atoms with Crippen molar-refractivity contribution in [1.29, 1.82) is 0 Å². The molecule has 1 saturated heterocycles. The minimum atomic E-state index is -4.19. The number of thiocarbonyl (C=S) groups is 1. The lowest BCUT2D eigenvalue weighted by molar-refractivity contribution is -0.176. The quantitative estimate of drug-likeness (QED) is 0.843.